The van der Waals surface area contributed by atoms with Gasteiger partial charge in [0.1, 0.15) is 0 Å². The zero-order valence-electron chi connectivity index (χ0n) is 13.4. The number of para-hydroxylation sites is 1. The van der Waals surface area contributed by atoms with E-state index >= 15 is 0 Å². The highest BCUT2D eigenvalue weighted by Crippen LogP contribution is 2.30. The van der Waals surface area contributed by atoms with E-state index in [0.717, 1.165) is 15.9 Å². The van der Waals surface area contributed by atoms with Gasteiger partial charge in [-0.1, -0.05) is 46.3 Å². The molecule has 0 aliphatic carbocycles. The molecule has 0 atom stereocenters. The van der Waals surface area contributed by atoms with Gasteiger partial charge >= 0.3 is 5.97 Å². The van der Waals surface area contributed by atoms with Crippen molar-refractivity contribution in [2.24, 2.45) is 0 Å². The molecule has 0 amide bonds. The number of carbonyl (C=O) groups excluding carboxylic acids is 1. The Balaban J connectivity index is 1.85. The lowest BCUT2D eigenvalue weighted by Gasteiger charge is -2.05. The number of hydrogen-bond donors (Lipinski definition) is 0. The highest BCUT2D eigenvalue weighted by molar-refractivity contribution is 9.10. The van der Waals surface area contributed by atoms with Gasteiger partial charge in [-0.15, -0.1) is 11.8 Å². The van der Waals surface area contributed by atoms with Gasteiger partial charge in [0.05, 0.1) is 12.4 Å². The summed E-state index contributed by atoms with van der Waals surface area (Å²) >= 11 is 5.00. The molecule has 0 saturated heterocycles. The second-order valence-corrected chi connectivity index (χ2v) is 7.29. The molecule has 0 fully saturated rings. The SMILES string of the molecule is CCOC(=O)CSc1cn(Cc2ccc(Br)cc2)c2ccccc12. The van der Waals surface area contributed by atoms with Crippen molar-refractivity contribution >= 4 is 44.6 Å². The third kappa shape index (κ3) is 4.02. The van der Waals surface area contributed by atoms with Crippen LogP contribution in [0.4, 0.5) is 0 Å². The molecule has 0 unspecified atom stereocenters. The maximum absolute atomic E-state index is 11.6. The molecular formula is C19H18BrNO2S. The first-order chi connectivity index (χ1) is 11.7. The van der Waals surface area contributed by atoms with Crippen molar-refractivity contribution in [3.8, 4) is 0 Å². The summed E-state index contributed by atoms with van der Waals surface area (Å²) in [5, 5.41) is 1.17. The molecule has 3 rings (SSSR count). The smallest absolute Gasteiger partial charge is 0.316 e. The predicted molar refractivity (Wildman–Crippen MR) is 103 cm³/mol. The van der Waals surface area contributed by atoms with E-state index in [1.165, 1.54) is 28.2 Å². The monoisotopic (exact) mass is 403 g/mol. The fourth-order valence-corrected chi connectivity index (χ4v) is 3.74. The van der Waals surface area contributed by atoms with E-state index in [4.69, 9.17) is 4.74 Å². The molecule has 1 heterocycles. The number of ether oxygens (including phenoxy) is 1. The van der Waals surface area contributed by atoms with E-state index in [9.17, 15) is 4.79 Å². The largest absolute Gasteiger partial charge is 0.465 e. The number of hydrogen-bond acceptors (Lipinski definition) is 3. The van der Waals surface area contributed by atoms with E-state index in [1.807, 2.05) is 19.1 Å². The van der Waals surface area contributed by atoms with Crippen molar-refractivity contribution in [3.05, 3.63) is 64.8 Å². The van der Waals surface area contributed by atoms with Gasteiger partial charge in [-0.2, -0.15) is 0 Å². The van der Waals surface area contributed by atoms with Crippen molar-refractivity contribution in [2.75, 3.05) is 12.4 Å². The molecule has 124 valence electrons. The van der Waals surface area contributed by atoms with Crippen LogP contribution in [-0.4, -0.2) is 22.9 Å². The van der Waals surface area contributed by atoms with Gasteiger partial charge in [0.25, 0.3) is 0 Å². The fraction of sp³-hybridized carbons (Fsp3) is 0.211. The Kier molecular flexibility index (Phi) is 5.63. The van der Waals surface area contributed by atoms with Crippen molar-refractivity contribution in [1.82, 2.24) is 4.57 Å². The van der Waals surface area contributed by atoms with Gasteiger partial charge in [-0.05, 0) is 30.7 Å². The molecule has 24 heavy (non-hydrogen) atoms. The van der Waals surface area contributed by atoms with Crippen molar-refractivity contribution in [1.29, 1.82) is 0 Å². The number of carbonyl (C=O) groups is 1. The quantitative estimate of drug-likeness (QED) is 0.423. The summed E-state index contributed by atoms with van der Waals surface area (Å²) in [6.45, 7) is 3.05. The number of rotatable bonds is 6. The summed E-state index contributed by atoms with van der Waals surface area (Å²) in [5.41, 5.74) is 2.41. The molecule has 2 aromatic carbocycles. The summed E-state index contributed by atoms with van der Waals surface area (Å²) in [7, 11) is 0. The lowest BCUT2D eigenvalue weighted by atomic mass is 10.2. The first kappa shape index (κ1) is 17.1. The second kappa shape index (κ2) is 7.90. The molecule has 1 aromatic heterocycles. The zero-order chi connectivity index (χ0) is 16.9. The highest BCUT2D eigenvalue weighted by Gasteiger charge is 2.11. The van der Waals surface area contributed by atoms with Gasteiger partial charge in [0.2, 0.25) is 0 Å². The van der Waals surface area contributed by atoms with E-state index in [-0.39, 0.29) is 5.97 Å². The van der Waals surface area contributed by atoms with Crippen LogP contribution in [0.2, 0.25) is 0 Å². The van der Waals surface area contributed by atoms with E-state index in [2.05, 4.69) is 63.1 Å². The first-order valence-corrected chi connectivity index (χ1v) is 9.56. The molecule has 5 heteroatoms. The van der Waals surface area contributed by atoms with Gasteiger partial charge in [0, 0.05) is 33.0 Å². The number of thioether (sulfide) groups is 1. The van der Waals surface area contributed by atoms with Crippen molar-refractivity contribution < 1.29 is 9.53 Å². The fourth-order valence-electron chi connectivity index (χ4n) is 2.58. The maximum atomic E-state index is 11.6. The lowest BCUT2D eigenvalue weighted by molar-refractivity contribution is -0.139. The lowest BCUT2D eigenvalue weighted by Crippen LogP contribution is -2.06. The highest BCUT2D eigenvalue weighted by atomic mass is 79.9. The van der Waals surface area contributed by atoms with Gasteiger partial charge < -0.3 is 9.30 Å². The Bertz CT molecular complexity index is 842. The summed E-state index contributed by atoms with van der Waals surface area (Å²) in [4.78, 5) is 12.7. The number of benzene rings is 2. The molecule has 3 nitrogen and oxygen atoms in total. The average Bonchev–Trinajstić information content (AvgIpc) is 2.93. The van der Waals surface area contributed by atoms with Crippen LogP contribution in [0.5, 0.6) is 0 Å². The molecule has 0 saturated carbocycles. The van der Waals surface area contributed by atoms with E-state index < -0.39 is 0 Å². The van der Waals surface area contributed by atoms with E-state index in [1.54, 1.807) is 0 Å². The number of halogens is 1. The van der Waals surface area contributed by atoms with Crippen LogP contribution >= 0.6 is 27.7 Å². The van der Waals surface area contributed by atoms with Crippen LogP contribution < -0.4 is 0 Å². The van der Waals surface area contributed by atoms with Gasteiger partial charge in [-0.3, -0.25) is 4.79 Å². The van der Waals surface area contributed by atoms with Crippen LogP contribution in [0.25, 0.3) is 10.9 Å². The molecule has 0 aliphatic rings. The number of nitrogens with zero attached hydrogens (tertiary/aromatic N) is 1. The molecular weight excluding hydrogens is 386 g/mol. The number of esters is 1. The van der Waals surface area contributed by atoms with Gasteiger partial charge in [-0.25, -0.2) is 0 Å². The molecule has 3 aromatic rings. The topological polar surface area (TPSA) is 31.2 Å². The number of fused-ring (bicyclic) bond motifs is 1. The Morgan fingerprint density at radius 2 is 1.92 bits per heavy atom. The minimum absolute atomic E-state index is 0.174. The van der Waals surface area contributed by atoms with Crippen LogP contribution in [0.3, 0.4) is 0 Å². The minimum atomic E-state index is -0.174. The molecule has 0 radical (unpaired) electrons. The normalized spacial score (nSPS) is 10.9. The summed E-state index contributed by atoms with van der Waals surface area (Å²) < 4.78 is 8.32. The van der Waals surface area contributed by atoms with E-state index in [0.29, 0.717) is 12.4 Å². The predicted octanol–water partition coefficient (Wildman–Crippen LogP) is 5.11. The Hall–Kier alpha value is -1.72. The third-order valence-electron chi connectivity index (χ3n) is 3.67. The van der Waals surface area contributed by atoms with Crippen LogP contribution in [0.15, 0.2) is 64.1 Å². The zero-order valence-corrected chi connectivity index (χ0v) is 15.8. The average molecular weight is 404 g/mol. The minimum Gasteiger partial charge on any atom is -0.465 e. The van der Waals surface area contributed by atoms with Crippen LogP contribution in [0.1, 0.15) is 12.5 Å². The number of aromatic nitrogens is 1. The van der Waals surface area contributed by atoms with Crippen molar-refractivity contribution in [3.63, 3.8) is 0 Å². The summed E-state index contributed by atoms with van der Waals surface area (Å²) in [6, 6.07) is 16.6. The standard InChI is InChI=1S/C19H18BrNO2S/c1-2-23-19(22)13-24-18-12-21(17-6-4-3-5-16(17)18)11-14-7-9-15(20)10-8-14/h3-10,12H,2,11,13H2,1H3. The molecule has 0 spiro atoms. The summed E-state index contributed by atoms with van der Waals surface area (Å²) in [5.74, 6) is 0.160. The second-order valence-electron chi connectivity index (χ2n) is 5.36. The Labute approximate surface area is 154 Å². The van der Waals surface area contributed by atoms with Crippen LogP contribution in [0, 0.1) is 0 Å². The Morgan fingerprint density at radius 1 is 1.17 bits per heavy atom. The summed E-state index contributed by atoms with van der Waals surface area (Å²) in [6.07, 6.45) is 2.12. The van der Waals surface area contributed by atoms with Gasteiger partial charge in [0.15, 0.2) is 0 Å². The Morgan fingerprint density at radius 3 is 2.67 bits per heavy atom. The molecule has 0 aliphatic heterocycles. The van der Waals surface area contributed by atoms with Crippen LogP contribution in [-0.2, 0) is 16.1 Å². The maximum Gasteiger partial charge on any atom is 0.316 e. The molecule has 0 N–H and O–H groups in total. The van der Waals surface area contributed by atoms with Crippen molar-refractivity contribution in [2.45, 2.75) is 18.4 Å². The molecule has 0 bridgehead atoms. The first-order valence-electron chi connectivity index (χ1n) is 7.78. The third-order valence-corrected chi connectivity index (χ3v) is 5.21.